The third kappa shape index (κ3) is 9.05. The van der Waals surface area contributed by atoms with Crippen molar-refractivity contribution in [1.82, 2.24) is 4.98 Å². The van der Waals surface area contributed by atoms with Gasteiger partial charge in [0.05, 0.1) is 0 Å². The second-order valence-electron chi connectivity index (χ2n) is 16.2. The molecule has 1 aliphatic rings. The van der Waals surface area contributed by atoms with Crippen LogP contribution in [-0.2, 0) is 0 Å². The van der Waals surface area contributed by atoms with E-state index in [1.54, 1.807) is 0 Å². The summed E-state index contributed by atoms with van der Waals surface area (Å²) in [6.45, 7) is 0. The highest BCUT2D eigenvalue weighted by molar-refractivity contribution is 5.89. The SMILES string of the molecule is CN(C1=CC(c2cncc(-c3cc(N(c4ccccc4)c4ccccc4)cc(N(c4ccccc4)c4ccccc4)c3)c2)=CC(N(c2ccccc2)c2ccccc2)=CC1)c1ccccc1. The molecule has 0 fully saturated rings. The Morgan fingerprint density at radius 3 is 1.11 bits per heavy atom. The molecule has 5 heteroatoms. The maximum absolute atomic E-state index is 5.02. The summed E-state index contributed by atoms with van der Waals surface area (Å²) in [5, 5.41) is 0. The summed E-state index contributed by atoms with van der Waals surface area (Å²) >= 11 is 0. The molecular weight excluding hydrogens is 803 g/mol. The fraction of sp³-hybridized carbons (Fsp3) is 0.0328. The molecule has 8 aromatic carbocycles. The molecule has 0 saturated carbocycles. The highest BCUT2D eigenvalue weighted by Crippen LogP contribution is 2.44. The molecule has 0 atom stereocenters. The van der Waals surface area contributed by atoms with Gasteiger partial charge in [0.1, 0.15) is 0 Å². The molecule has 0 aliphatic heterocycles. The van der Waals surface area contributed by atoms with Crippen molar-refractivity contribution in [2.75, 3.05) is 26.6 Å². The lowest BCUT2D eigenvalue weighted by molar-refractivity contribution is 1.02. The summed E-state index contributed by atoms with van der Waals surface area (Å²) in [6, 6.07) is 83.4. The number of pyridine rings is 1. The monoisotopic (exact) mass is 851 g/mol. The van der Waals surface area contributed by atoms with E-state index < -0.39 is 0 Å². The van der Waals surface area contributed by atoms with Crippen LogP contribution in [0.5, 0.6) is 0 Å². The van der Waals surface area contributed by atoms with Crippen molar-refractivity contribution in [3.05, 3.63) is 284 Å². The van der Waals surface area contributed by atoms with E-state index in [9.17, 15) is 0 Å². The molecule has 1 aromatic heterocycles. The molecule has 0 N–H and O–H groups in total. The zero-order chi connectivity index (χ0) is 44.5. The van der Waals surface area contributed by atoms with Gasteiger partial charge in [0, 0.05) is 99.6 Å². The first-order valence-electron chi connectivity index (χ1n) is 22.4. The van der Waals surface area contributed by atoms with Gasteiger partial charge < -0.3 is 19.6 Å². The minimum atomic E-state index is 0.721. The molecule has 10 rings (SSSR count). The van der Waals surface area contributed by atoms with Crippen LogP contribution in [0.15, 0.2) is 279 Å². The van der Waals surface area contributed by atoms with E-state index in [1.165, 1.54) is 5.70 Å². The Bertz CT molecular complexity index is 2880. The first-order chi connectivity index (χ1) is 32.7. The summed E-state index contributed by atoms with van der Waals surface area (Å²) in [5.74, 6) is 0. The Morgan fingerprint density at radius 2 is 0.697 bits per heavy atom. The van der Waals surface area contributed by atoms with Crippen LogP contribution in [0.1, 0.15) is 12.0 Å². The predicted octanol–water partition coefficient (Wildman–Crippen LogP) is 16.2. The third-order valence-electron chi connectivity index (χ3n) is 11.9. The van der Waals surface area contributed by atoms with E-state index >= 15 is 0 Å². The Morgan fingerprint density at radius 1 is 0.333 bits per heavy atom. The Labute approximate surface area is 388 Å². The van der Waals surface area contributed by atoms with E-state index in [0.29, 0.717) is 0 Å². The van der Waals surface area contributed by atoms with Crippen molar-refractivity contribution >= 4 is 56.8 Å². The van der Waals surface area contributed by atoms with E-state index in [2.05, 4.69) is 281 Å². The van der Waals surface area contributed by atoms with Crippen molar-refractivity contribution in [1.29, 1.82) is 0 Å². The molecule has 1 heterocycles. The first kappa shape index (κ1) is 41.3. The maximum Gasteiger partial charge on any atom is 0.0488 e. The van der Waals surface area contributed by atoms with E-state index in [1.807, 2.05) is 12.4 Å². The van der Waals surface area contributed by atoms with Crippen LogP contribution in [0.4, 0.5) is 51.2 Å². The van der Waals surface area contributed by atoms with Crippen molar-refractivity contribution in [2.24, 2.45) is 0 Å². The number of rotatable bonds is 13. The number of anilines is 9. The van der Waals surface area contributed by atoms with Gasteiger partial charge in [-0.3, -0.25) is 4.98 Å². The average Bonchev–Trinajstić information content (AvgIpc) is 3.62. The van der Waals surface area contributed by atoms with Gasteiger partial charge in [0.15, 0.2) is 0 Å². The van der Waals surface area contributed by atoms with Crippen molar-refractivity contribution in [3.8, 4) is 11.1 Å². The van der Waals surface area contributed by atoms with E-state index in [0.717, 1.165) is 85.6 Å². The molecule has 1 aliphatic carbocycles. The Hall–Kier alpha value is -8.67. The van der Waals surface area contributed by atoms with Gasteiger partial charge in [-0.25, -0.2) is 0 Å². The molecule has 5 nitrogen and oxygen atoms in total. The van der Waals surface area contributed by atoms with Gasteiger partial charge in [0.2, 0.25) is 0 Å². The largest absolute Gasteiger partial charge is 0.348 e. The first-order valence-corrected chi connectivity index (χ1v) is 22.4. The summed E-state index contributed by atoms with van der Waals surface area (Å²) in [7, 11) is 2.15. The molecule has 9 aromatic rings. The lowest BCUT2D eigenvalue weighted by Crippen LogP contribution is -2.17. The van der Waals surface area contributed by atoms with Crippen LogP contribution in [0.2, 0.25) is 0 Å². The van der Waals surface area contributed by atoms with Crippen molar-refractivity contribution in [2.45, 2.75) is 6.42 Å². The second kappa shape index (κ2) is 19.4. The summed E-state index contributed by atoms with van der Waals surface area (Å²) in [5.41, 5.74) is 16.0. The maximum atomic E-state index is 5.02. The number of hydrogen-bond acceptors (Lipinski definition) is 5. The summed E-state index contributed by atoms with van der Waals surface area (Å²) < 4.78 is 0. The molecule has 0 spiro atoms. The second-order valence-corrected chi connectivity index (χ2v) is 16.2. The quantitative estimate of drug-likeness (QED) is 0.115. The molecular formula is C61H49N5. The van der Waals surface area contributed by atoms with Gasteiger partial charge >= 0.3 is 0 Å². The fourth-order valence-corrected chi connectivity index (χ4v) is 8.66. The average molecular weight is 852 g/mol. The van der Waals surface area contributed by atoms with Gasteiger partial charge in [-0.05, 0) is 132 Å². The lowest BCUT2D eigenvalue weighted by atomic mass is 9.99. The van der Waals surface area contributed by atoms with Crippen molar-refractivity contribution < 1.29 is 0 Å². The van der Waals surface area contributed by atoms with Crippen molar-refractivity contribution in [3.63, 3.8) is 0 Å². The molecule has 66 heavy (non-hydrogen) atoms. The number of allylic oxidation sites excluding steroid dienone is 4. The summed E-state index contributed by atoms with van der Waals surface area (Å²) in [4.78, 5) is 14.3. The zero-order valence-corrected chi connectivity index (χ0v) is 36.8. The minimum Gasteiger partial charge on any atom is -0.348 e. The van der Waals surface area contributed by atoms with Gasteiger partial charge in [-0.1, -0.05) is 133 Å². The van der Waals surface area contributed by atoms with Gasteiger partial charge in [-0.2, -0.15) is 0 Å². The van der Waals surface area contributed by atoms with E-state index in [-0.39, 0.29) is 0 Å². The lowest BCUT2D eigenvalue weighted by Gasteiger charge is -2.30. The van der Waals surface area contributed by atoms with Crippen LogP contribution in [-0.4, -0.2) is 12.0 Å². The van der Waals surface area contributed by atoms with Crippen LogP contribution in [0, 0.1) is 0 Å². The third-order valence-corrected chi connectivity index (χ3v) is 11.9. The number of para-hydroxylation sites is 7. The smallest absolute Gasteiger partial charge is 0.0488 e. The van der Waals surface area contributed by atoms with Crippen LogP contribution >= 0.6 is 0 Å². The normalized spacial score (nSPS) is 12.2. The molecule has 0 unspecified atom stereocenters. The highest BCUT2D eigenvalue weighted by atomic mass is 15.2. The highest BCUT2D eigenvalue weighted by Gasteiger charge is 2.22. The minimum absolute atomic E-state index is 0.721. The summed E-state index contributed by atoms with van der Waals surface area (Å²) in [6.07, 6.45) is 11.7. The van der Waals surface area contributed by atoms with Gasteiger partial charge in [0.25, 0.3) is 0 Å². The molecule has 0 saturated heterocycles. The number of nitrogens with zero attached hydrogens (tertiary/aromatic N) is 5. The molecule has 0 bridgehead atoms. The van der Waals surface area contributed by atoms with Gasteiger partial charge in [-0.15, -0.1) is 0 Å². The molecule has 0 radical (unpaired) electrons. The number of hydrogen-bond donors (Lipinski definition) is 0. The van der Waals surface area contributed by atoms with Crippen LogP contribution in [0.3, 0.4) is 0 Å². The predicted molar refractivity (Wildman–Crippen MR) is 278 cm³/mol. The molecule has 0 amide bonds. The topological polar surface area (TPSA) is 25.9 Å². The number of aromatic nitrogens is 1. The molecule has 318 valence electrons. The number of benzene rings is 8. The van der Waals surface area contributed by atoms with E-state index in [4.69, 9.17) is 4.98 Å². The zero-order valence-electron chi connectivity index (χ0n) is 36.8. The fourth-order valence-electron chi connectivity index (χ4n) is 8.66. The Kier molecular flexibility index (Phi) is 12.1. The Balaban J connectivity index is 1.16. The standard InChI is InChI=1S/C61H49N5/c1-63(51-23-9-2-10-24-51)58-37-38-59(64(52-25-11-3-12-26-52)53-27-13-4-14-28-53)41-47(40-58)49-39-50(46-62-45-49)48-42-60(65(54-29-15-5-16-30-54)55-31-17-6-18-32-55)44-61(43-48)66(56-33-19-7-20-34-56)57-35-21-8-22-36-57/h2-36,38-46H,37H2,1H3. The van der Waals surface area contributed by atoms with Crippen LogP contribution in [0.25, 0.3) is 16.7 Å². The van der Waals surface area contributed by atoms with Crippen LogP contribution < -0.4 is 19.6 Å².